The van der Waals surface area contributed by atoms with Crippen LogP contribution in [-0.4, -0.2) is 40.1 Å². The summed E-state index contributed by atoms with van der Waals surface area (Å²) in [5.41, 5.74) is 0. The molecule has 0 spiro atoms. The van der Waals surface area contributed by atoms with Gasteiger partial charge in [0.15, 0.2) is 0 Å². The Hall–Kier alpha value is -0.870. The molecule has 0 amide bonds. The molecule has 1 fully saturated rings. The van der Waals surface area contributed by atoms with Gasteiger partial charge in [-0.1, -0.05) is 19.8 Å². The van der Waals surface area contributed by atoms with Gasteiger partial charge in [0.1, 0.15) is 5.82 Å². The zero-order valence-corrected chi connectivity index (χ0v) is 12.0. The summed E-state index contributed by atoms with van der Waals surface area (Å²) in [6.45, 7) is 7.93. The molecule has 0 aromatic carbocycles. The minimum atomic E-state index is 0.750. The van der Waals surface area contributed by atoms with E-state index in [1.165, 1.54) is 31.5 Å². The summed E-state index contributed by atoms with van der Waals surface area (Å²) in [6, 6.07) is 0.750. The molecule has 2 heterocycles. The zero-order chi connectivity index (χ0) is 13.1. The first-order chi connectivity index (χ1) is 9.33. The highest BCUT2D eigenvalue weighted by Crippen LogP contribution is 2.23. The van der Waals surface area contributed by atoms with Gasteiger partial charge in [0, 0.05) is 44.6 Å². The first-order valence-electron chi connectivity index (χ1n) is 7.78. The molecule has 1 N–H and O–H groups in total. The van der Waals surface area contributed by atoms with E-state index >= 15 is 0 Å². The maximum Gasteiger partial charge on any atom is 0.122 e. The first-order valence-corrected chi connectivity index (χ1v) is 7.78. The van der Waals surface area contributed by atoms with Crippen molar-refractivity contribution in [2.24, 2.45) is 5.92 Å². The summed E-state index contributed by atoms with van der Waals surface area (Å²) in [5, 5.41) is 3.77. The number of fused-ring (bicyclic) bond motifs is 1. The average molecular weight is 262 g/mol. The Kier molecular flexibility index (Phi) is 4.18. The lowest BCUT2D eigenvalue weighted by atomic mass is 9.86. The summed E-state index contributed by atoms with van der Waals surface area (Å²) in [7, 11) is 0. The molecule has 1 aliphatic carbocycles. The van der Waals surface area contributed by atoms with Gasteiger partial charge in [0.2, 0.25) is 0 Å². The van der Waals surface area contributed by atoms with Crippen LogP contribution in [-0.2, 0) is 13.1 Å². The minimum Gasteiger partial charge on any atom is -0.333 e. The highest BCUT2D eigenvalue weighted by molar-refractivity contribution is 4.95. The van der Waals surface area contributed by atoms with Crippen molar-refractivity contribution in [3.63, 3.8) is 0 Å². The van der Waals surface area contributed by atoms with Crippen molar-refractivity contribution in [1.82, 2.24) is 19.8 Å². The first kappa shape index (κ1) is 13.1. The average Bonchev–Trinajstić information content (AvgIpc) is 2.88. The highest BCUT2D eigenvalue weighted by Gasteiger charge is 2.21. The molecule has 106 valence electrons. The highest BCUT2D eigenvalue weighted by atomic mass is 15.2. The van der Waals surface area contributed by atoms with Gasteiger partial charge < -0.3 is 9.88 Å². The van der Waals surface area contributed by atoms with E-state index in [4.69, 9.17) is 0 Å². The van der Waals surface area contributed by atoms with E-state index in [1.807, 2.05) is 6.20 Å². The van der Waals surface area contributed by atoms with E-state index in [-0.39, 0.29) is 0 Å². The Morgan fingerprint density at radius 3 is 3.11 bits per heavy atom. The monoisotopic (exact) mass is 262 g/mol. The van der Waals surface area contributed by atoms with E-state index in [2.05, 4.69) is 32.9 Å². The molecule has 1 aromatic heterocycles. The van der Waals surface area contributed by atoms with Crippen LogP contribution in [0.25, 0.3) is 0 Å². The molecular weight excluding hydrogens is 236 g/mol. The fourth-order valence-electron chi connectivity index (χ4n) is 3.44. The maximum atomic E-state index is 4.42. The second kappa shape index (κ2) is 6.06. The third kappa shape index (κ3) is 3.18. The largest absolute Gasteiger partial charge is 0.333 e. The summed E-state index contributed by atoms with van der Waals surface area (Å²) in [6.07, 6.45) is 9.61. The lowest BCUT2D eigenvalue weighted by Crippen LogP contribution is -2.43. The molecule has 2 aliphatic rings. The fraction of sp³-hybridized carbons (Fsp3) is 0.800. The van der Waals surface area contributed by atoms with Gasteiger partial charge in [-0.15, -0.1) is 0 Å². The Labute approximate surface area is 116 Å². The smallest absolute Gasteiger partial charge is 0.122 e. The number of nitrogens with one attached hydrogen (secondary N) is 1. The summed E-state index contributed by atoms with van der Waals surface area (Å²) >= 11 is 0. The number of rotatable bonds is 4. The van der Waals surface area contributed by atoms with Crippen LogP contribution in [0, 0.1) is 5.92 Å². The topological polar surface area (TPSA) is 33.1 Å². The van der Waals surface area contributed by atoms with Crippen molar-refractivity contribution >= 4 is 0 Å². The van der Waals surface area contributed by atoms with E-state index in [9.17, 15) is 0 Å². The molecule has 0 bridgehead atoms. The molecule has 4 nitrogen and oxygen atoms in total. The molecule has 19 heavy (non-hydrogen) atoms. The standard InChI is InChI=1S/C15H26N4/c1-13-4-2-3-5-14(13)16-6-8-18-10-11-19-9-7-17-15(19)12-18/h7,9,13-14,16H,2-6,8,10-12H2,1H3. The van der Waals surface area contributed by atoms with Crippen LogP contribution in [0.2, 0.25) is 0 Å². The van der Waals surface area contributed by atoms with Gasteiger partial charge >= 0.3 is 0 Å². The quantitative estimate of drug-likeness (QED) is 0.899. The van der Waals surface area contributed by atoms with Crippen molar-refractivity contribution in [1.29, 1.82) is 0 Å². The van der Waals surface area contributed by atoms with Gasteiger partial charge in [0.05, 0.1) is 6.54 Å². The third-order valence-corrected chi connectivity index (χ3v) is 4.77. The number of aromatic nitrogens is 2. The van der Waals surface area contributed by atoms with Crippen molar-refractivity contribution in [3.8, 4) is 0 Å². The van der Waals surface area contributed by atoms with Gasteiger partial charge in [-0.05, 0) is 18.8 Å². The van der Waals surface area contributed by atoms with E-state index in [0.717, 1.165) is 44.7 Å². The summed E-state index contributed by atoms with van der Waals surface area (Å²) in [4.78, 5) is 6.93. The number of nitrogens with zero attached hydrogens (tertiary/aromatic N) is 3. The van der Waals surface area contributed by atoms with Crippen molar-refractivity contribution in [3.05, 3.63) is 18.2 Å². The second-order valence-corrected chi connectivity index (χ2v) is 6.14. The minimum absolute atomic E-state index is 0.750. The van der Waals surface area contributed by atoms with Crippen LogP contribution in [0.5, 0.6) is 0 Å². The predicted molar refractivity (Wildman–Crippen MR) is 76.9 cm³/mol. The van der Waals surface area contributed by atoms with Gasteiger partial charge in [-0.3, -0.25) is 4.90 Å². The molecule has 1 saturated carbocycles. The lowest BCUT2D eigenvalue weighted by Gasteiger charge is -2.32. The number of hydrogen-bond donors (Lipinski definition) is 1. The van der Waals surface area contributed by atoms with Crippen molar-refractivity contribution in [2.75, 3.05) is 19.6 Å². The Balaban J connectivity index is 1.41. The molecule has 4 heteroatoms. The second-order valence-electron chi connectivity index (χ2n) is 6.14. The van der Waals surface area contributed by atoms with Crippen LogP contribution in [0.15, 0.2) is 12.4 Å². The van der Waals surface area contributed by atoms with Crippen LogP contribution in [0.3, 0.4) is 0 Å². The van der Waals surface area contributed by atoms with Crippen LogP contribution < -0.4 is 5.32 Å². The number of imidazole rings is 1. The molecule has 1 aromatic rings. The third-order valence-electron chi connectivity index (χ3n) is 4.77. The summed E-state index contributed by atoms with van der Waals surface area (Å²) in [5.74, 6) is 2.08. The van der Waals surface area contributed by atoms with Gasteiger partial charge in [-0.2, -0.15) is 0 Å². The predicted octanol–water partition coefficient (Wildman–Crippen LogP) is 1.87. The summed E-state index contributed by atoms with van der Waals surface area (Å²) < 4.78 is 2.27. The molecule has 2 atom stereocenters. The van der Waals surface area contributed by atoms with Crippen molar-refractivity contribution in [2.45, 2.75) is 51.7 Å². The molecular formula is C15H26N4. The Bertz CT molecular complexity index is 401. The molecule has 0 radical (unpaired) electrons. The Morgan fingerprint density at radius 1 is 1.32 bits per heavy atom. The SMILES string of the molecule is CC1CCCCC1NCCN1CCn2ccnc2C1. The Morgan fingerprint density at radius 2 is 2.21 bits per heavy atom. The fourth-order valence-corrected chi connectivity index (χ4v) is 3.44. The van der Waals surface area contributed by atoms with E-state index < -0.39 is 0 Å². The van der Waals surface area contributed by atoms with E-state index in [1.54, 1.807) is 0 Å². The molecule has 0 saturated heterocycles. The van der Waals surface area contributed by atoms with E-state index in [0.29, 0.717) is 0 Å². The van der Waals surface area contributed by atoms with Gasteiger partial charge in [-0.25, -0.2) is 4.98 Å². The number of hydrogen-bond acceptors (Lipinski definition) is 3. The molecule has 2 unspecified atom stereocenters. The van der Waals surface area contributed by atoms with Crippen LogP contribution >= 0.6 is 0 Å². The molecule has 3 rings (SSSR count). The molecule has 1 aliphatic heterocycles. The van der Waals surface area contributed by atoms with Crippen LogP contribution in [0.4, 0.5) is 0 Å². The zero-order valence-electron chi connectivity index (χ0n) is 12.0. The lowest BCUT2D eigenvalue weighted by molar-refractivity contribution is 0.204. The van der Waals surface area contributed by atoms with Crippen LogP contribution in [0.1, 0.15) is 38.4 Å². The maximum absolute atomic E-state index is 4.42. The van der Waals surface area contributed by atoms with Gasteiger partial charge in [0.25, 0.3) is 0 Å². The van der Waals surface area contributed by atoms with Crippen molar-refractivity contribution < 1.29 is 0 Å². The normalized spacial score (nSPS) is 28.3.